The van der Waals surface area contributed by atoms with Crippen molar-refractivity contribution in [3.63, 3.8) is 0 Å². The molecule has 8 nitrogen and oxygen atoms in total. The summed E-state index contributed by atoms with van der Waals surface area (Å²) in [6.45, 7) is 0. The molecule has 1 amide bonds. The lowest BCUT2D eigenvalue weighted by molar-refractivity contribution is 0.0708. The minimum Gasteiger partial charge on any atom is -0.493 e. The van der Waals surface area contributed by atoms with Gasteiger partial charge in [-0.2, -0.15) is 5.10 Å². The Morgan fingerprint density at radius 2 is 1.47 bits per heavy atom. The number of hydrogen-bond donors (Lipinski definition) is 0. The van der Waals surface area contributed by atoms with Crippen molar-refractivity contribution in [2.45, 2.75) is 12.5 Å². The molecule has 3 aromatic carbocycles. The van der Waals surface area contributed by atoms with Crippen LogP contribution in [0.2, 0.25) is 0 Å². The molecule has 1 atom stereocenters. The van der Waals surface area contributed by atoms with E-state index in [0.29, 0.717) is 46.4 Å². The van der Waals surface area contributed by atoms with Gasteiger partial charge in [-0.05, 0) is 36.4 Å². The molecule has 0 aliphatic carbocycles. The van der Waals surface area contributed by atoms with E-state index in [2.05, 4.69) is 5.10 Å². The van der Waals surface area contributed by atoms with Gasteiger partial charge in [-0.15, -0.1) is 0 Å². The van der Waals surface area contributed by atoms with Crippen molar-refractivity contribution in [2.75, 3.05) is 35.5 Å². The Labute approximate surface area is 208 Å². The van der Waals surface area contributed by atoms with E-state index in [4.69, 9.17) is 23.7 Å². The molecular formula is C27H27FN2O6. The first-order valence-electron chi connectivity index (χ1n) is 11.1. The molecule has 188 valence electrons. The summed E-state index contributed by atoms with van der Waals surface area (Å²) in [7, 11) is 7.52. The highest BCUT2D eigenvalue weighted by Gasteiger charge is 2.36. The maximum absolute atomic E-state index is 14.9. The lowest BCUT2D eigenvalue weighted by atomic mass is 9.97. The zero-order valence-corrected chi connectivity index (χ0v) is 20.7. The SMILES string of the molecule is COc1ccc(C2=NN(C(=O)c3cc(OC)c(OC)c(OC)c3)[C@H](c3ccccc3F)C2)cc1OC. The molecule has 0 radical (unpaired) electrons. The maximum atomic E-state index is 14.9. The fraction of sp³-hybridized carbons (Fsp3) is 0.259. The molecule has 4 rings (SSSR count). The van der Waals surface area contributed by atoms with Crippen LogP contribution in [0.3, 0.4) is 0 Å². The van der Waals surface area contributed by atoms with Crippen LogP contribution < -0.4 is 23.7 Å². The van der Waals surface area contributed by atoms with Gasteiger partial charge in [-0.25, -0.2) is 9.40 Å². The van der Waals surface area contributed by atoms with Gasteiger partial charge in [-0.3, -0.25) is 4.79 Å². The first-order valence-corrected chi connectivity index (χ1v) is 11.1. The van der Waals surface area contributed by atoms with Gasteiger partial charge < -0.3 is 23.7 Å². The van der Waals surface area contributed by atoms with Gasteiger partial charge in [0.1, 0.15) is 5.82 Å². The number of amides is 1. The third-order valence-corrected chi connectivity index (χ3v) is 6.01. The van der Waals surface area contributed by atoms with Gasteiger partial charge >= 0.3 is 0 Å². The molecule has 0 saturated heterocycles. The monoisotopic (exact) mass is 494 g/mol. The number of hydrogen-bond acceptors (Lipinski definition) is 7. The molecule has 0 aromatic heterocycles. The molecule has 0 bridgehead atoms. The molecule has 3 aromatic rings. The second-order valence-electron chi connectivity index (χ2n) is 7.92. The number of nitrogens with zero attached hydrogens (tertiary/aromatic N) is 2. The van der Waals surface area contributed by atoms with E-state index in [0.717, 1.165) is 5.56 Å². The van der Waals surface area contributed by atoms with Crippen molar-refractivity contribution < 1.29 is 32.9 Å². The van der Waals surface area contributed by atoms with Gasteiger partial charge in [0, 0.05) is 23.1 Å². The van der Waals surface area contributed by atoms with Crippen LogP contribution >= 0.6 is 0 Å². The van der Waals surface area contributed by atoms with Crippen molar-refractivity contribution in [1.82, 2.24) is 5.01 Å². The predicted molar refractivity (Wildman–Crippen MR) is 132 cm³/mol. The summed E-state index contributed by atoms with van der Waals surface area (Å²) in [5, 5.41) is 5.94. The average Bonchev–Trinajstić information content (AvgIpc) is 3.36. The summed E-state index contributed by atoms with van der Waals surface area (Å²) in [6, 6.07) is 14.2. The average molecular weight is 495 g/mol. The number of halogens is 1. The minimum atomic E-state index is -0.666. The van der Waals surface area contributed by atoms with Crippen LogP contribution in [0.1, 0.15) is 33.9 Å². The number of rotatable bonds is 8. The van der Waals surface area contributed by atoms with Gasteiger partial charge in [-0.1, -0.05) is 18.2 Å². The summed E-state index contributed by atoms with van der Waals surface area (Å²) in [4.78, 5) is 13.8. The van der Waals surface area contributed by atoms with E-state index >= 15 is 0 Å². The van der Waals surface area contributed by atoms with Crippen LogP contribution in [0, 0.1) is 5.82 Å². The topological polar surface area (TPSA) is 78.8 Å². The third kappa shape index (κ3) is 4.51. The molecule has 1 heterocycles. The van der Waals surface area contributed by atoms with Crippen LogP contribution in [0.4, 0.5) is 4.39 Å². The van der Waals surface area contributed by atoms with Crippen LogP contribution in [-0.2, 0) is 0 Å². The first kappa shape index (κ1) is 24.8. The van der Waals surface area contributed by atoms with Crippen LogP contribution in [0.25, 0.3) is 0 Å². The number of carbonyl (C=O) groups is 1. The van der Waals surface area contributed by atoms with Gasteiger partial charge in [0.05, 0.1) is 47.3 Å². The van der Waals surface area contributed by atoms with Gasteiger partial charge in [0.15, 0.2) is 23.0 Å². The van der Waals surface area contributed by atoms with E-state index in [9.17, 15) is 9.18 Å². The summed E-state index contributed by atoms with van der Waals surface area (Å²) in [6.07, 6.45) is 0.298. The predicted octanol–water partition coefficient (Wildman–Crippen LogP) is 4.86. The molecule has 36 heavy (non-hydrogen) atoms. The number of ether oxygens (including phenoxy) is 5. The fourth-order valence-corrected chi connectivity index (χ4v) is 4.21. The highest BCUT2D eigenvalue weighted by molar-refractivity contribution is 6.05. The summed E-state index contributed by atoms with van der Waals surface area (Å²) < 4.78 is 41.8. The molecule has 0 spiro atoms. The van der Waals surface area contributed by atoms with Crippen LogP contribution in [0.15, 0.2) is 59.7 Å². The number of benzene rings is 3. The van der Waals surface area contributed by atoms with Crippen molar-refractivity contribution in [3.05, 3.63) is 77.1 Å². The van der Waals surface area contributed by atoms with Crippen molar-refractivity contribution in [1.29, 1.82) is 0 Å². The molecule has 0 fully saturated rings. The lowest BCUT2D eigenvalue weighted by Gasteiger charge is -2.23. The smallest absolute Gasteiger partial charge is 0.274 e. The molecule has 1 aliphatic heterocycles. The summed E-state index contributed by atoms with van der Waals surface area (Å²) >= 11 is 0. The number of carbonyl (C=O) groups excluding carboxylic acids is 1. The maximum Gasteiger partial charge on any atom is 0.274 e. The number of hydrazone groups is 1. The Kier molecular flexibility index (Phi) is 7.28. The highest BCUT2D eigenvalue weighted by atomic mass is 19.1. The summed E-state index contributed by atoms with van der Waals surface area (Å²) in [5.74, 6) is 1.23. The Balaban J connectivity index is 1.81. The van der Waals surface area contributed by atoms with Crippen molar-refractivity contribution >= 4 is 11.6 Å². The van der Waals surface area contributed by atoms with Crippen molar-refractivity contribution in [2.24, 2.45) is 5.10 Å². The molecule has 9 heteroatoms. The second-order valence-corrected chi connectivity index (χ2v) is 7.92. The highest BCUT2D eigenvalue weighted by Crippen LogP contribution is 2.41. The minimum absolute atomic E-state index is 0.253. The lowest BCUT2D eigenvalue weighted by Crippen LogP contribution is -2.27. The zero-order chi connectivity index (χ0) is 25.8. The first-order chi connectivity index (χ1) is 17.4. The quantitative estimate of drug-likeness (QED) is 0.445. The molecular weight excluding hydrogens is 467 g/mol. The van der Waals surface area contributed by atoms with E-state index < -0.39 is 17.8 Å². The van der Waals surface area contributed by atoms with E-state index in [1.807, 2.05) is 6.07 Å². The number of methoxy groups -OCH3 is 5. The Hall–Kier alpha value is -4.27. The molecule has 1 aliphatic rings. The van der Waals surface area contributed by atoms with Crippen LogP contribution in [-0.4, -0.2) is 52.2 Å². The normalized spacial score (nSPS) is 14.8. The third-order valence-electron chi connectivity index (χ3n) is 6.01. The van der Waals surface area contributed by atoms with Crippen molar-refractivity contribution in [3.8, 4) is 28.7 Å². The molecule has 0 unspecified atom stereocenters. The second kappa shape index (κ2) is 10.6. The Morgan fingerprint density at radius 3 is 2.06 bits per heavy atom. The molecule has 0 saturated carbocycles. The zero-order valence-electron chi connectivity index (χ0n) is 20.7. The largest absolute Gasteiger partial charge is 0.493 e. The standard InChI is InChI=1S/C27H27FN2O6/c1-32-22-11-10-16(12-23(22)33-2)20-15-21(18-8-6-7-9-19(18)28)30(29-20)27(31)17-13-24(34-3)26(36-5)25(14-17)35-4/h6-14,21H,15H2,1-5H3/t21-/m0/s1. The Bertz CT molecular complexity index is 1280. The van der Waals surface area contributed by atoms with E-state index in [1.54, 1.807) is 56.7 Å². The Morgan fingerprint density at radius 1 is 0.833 bits per heavy atom. The van der Waals surface area contributed by atoms with Crippen LogP contribution in [0.5, 0.6) is 28.7 Å². The summed E-state index contributed by atoms with van der Waals surface area (Å²) in [5.41, 5.74) is 1.94. The van der Waals surface area contributed by atoms with Gasteiger partial charge in [0.25, 0.3) is 5.91 Å². The van der Waals surface area contributed by atoms with E-state index in [-0.39, 0.29) is 5.56 Å². The molecule has 0 N–H and O–H groups in total. The van der Waals surface area contributed by atoms with E-state index in [1.165, 1.54) is 32.4 Å². The fourth-order valence-electron chi connectivity index (χ4n) is 4.21. The van der Waals surface area contributed by atoms with Gasteiger partial charge in [0.2, 0.25) is 5.75 Å².